The molecule has 146 valence electrons. The van der Waals surface area contributed by atoms with Gasteiger partial charge in [0.25, 0.3) is 5.56 Å². The zero-order valence-corrected chi connectivity index (χ0v) is 16.5. The van der Waals surface area contributed by atoms with Gasteiger partial charge in [0.15, 0.2) is 0 Å². The lowest BCUT2D eigenvalue weighted by molar-refractivity contribution is 0.196. The zero-order chi connectivity index (χ0) is 19.5. The molecule has 1 aliphatic heterocycles. The molecule has 1 fully saturated rings. The highest BCUT2D eigenvalue weighted by atomic mass is 32.1. The minimum Gasteiger partial charge on any atom is -0.508 e. The van der Waals surface area contributed by atoms with Crippen molar-refractivity contribution in [2.24, 2.45) is 0 Å². The SMILES string of the molecule is COc1ccc(O)c(CN2CCCC(c3cc(=O)[nH]c(-c4cccs4)n3)C2)c1. The summed E-state index contributed by atoms with van der Waals surface area (Å²) in [6, 6.07) is 10.8. The molecule has 2 N–H and O–H groups in total. The van der Waals surface area contributed by atoms with Gasteiger partial charge in [-0.15, -0.1) is 11.3 Å². The number of nitrogens with zero attached hydrogens (tertiary/aromatic N) is 2. The Morgan fingerprint density at radius 2 is 2.25 bits per heavy atom. The Hall–Kier alpha value is -2.64. The first kappa shape index (κ1) is 18.7. The van der Waals surface area contributed by atoms with Crippen molar-refractivity contribution in [3.8, 4) is 22.2 Å². The van der Waals surface area contributed by atoms with Crippen LogP contribution in [0.1, 0.15) is 30.0 Å². The van der Waals surface area contributed by atoms with Gasteiger partial charge in [-0.25, -0.2) is 4.98 Å². The van der Waals surface area contributed by atoms with Crippen molar-refractivity contribution >= 4 is 11.3 Å². The molecular weight excluding hydrogens is 374 g/mol. The number of ether oxygens (including phenoxy) is 1. The van der Waals surface area contributed by atoms with Gasteiger partial charge in [0, 0.05) is 30.6 Å². The maximum absolute atomic E-state index is 12.2. The van der Waals surface area contributed by atoms with Crippen LogP contribution in [0.15, 0.2) is 46.6 Å². The average Bonchev–Trinajstić information content (AvgIpc) is 3.24. The third-order valence-electron chi connectivity index (χ3n) is 5.12. The van der Waals surface area contributed by atoms with Gasteiger partial charge in [-0.3, -0.25) is 9.69 Å². The van der Waals surface area contributed by atoms with Crippen molar-refractivity contribution in [2.45, 2.75) is 25.3 Å². The van der Waals surface area contributed by atoms with E-state index in [4.69, 9.17) is 9.72 Å². The number of hydrogen-bond acceptors (Lipinski definition) is 6. The smallest absolute Gasteiger partial charge is 0.251 e. The van der Waals surface area contributed by atoms with E-state index in [1.54, 1.807) is 36.6 Å². The van der Waals surface area contributed by atoms with Gasteiger partial charge in [0.2, 0.25) is 0 Å². The highest BCUT2D eigenvalue weighted by Gasteiger charge is 2.24. The lowest BCUT2D eigenvalue weighted by atomic mass is 9.94. The van der Waals surface area contributed by atoms with Crippen LogP contribution in [0.2, 0.25) is 0 Å². The number of aromatic amines is 1. The summed E-state index contributed by atoms with van der Waals surface area (Å²) in [6.07, 6.45) is 2.03. The van der Waals surface area contributed by atoms with Crippen molar-refractivity contribution in [3.05, 3.63) is 63.4 Å². The molecule has 2 aromatic heterocycles. The Labute approximate surface area is 167 Å². The van der Waals surface area contributed by atoms with Crippen molar-refractivity contribution in [1.82, 2.24) is 14.9 Å². The molecule has 3 heterocycles. The molecule has 0 amide bonds. The first-order chi connectivity index (χ1) is 13.6. The first-order valence-corrected chi connectivity index (χ1v) is 10.2. The maximum Gasteiger partial charge on any atom is 0.251 e. The van der Waals surface area contributed by atoms with Crippen molar-refractivity contribution in [3.63, 3.8) is 0 Å². The number of H-pyrrole nitrogens is 1. The maximum atomic E-state index is 12.2. The second-order valence-electron chi connectivity index (χ2n) is 7.07. The summed E-state index contributed by atoms with van der Waals surface area (Å²) < 4.78 is 5.27. The molecule has 0 saturated carbocycles. The molecule has 6 nitrogen and oxygen atoms in total. The summed E-state index contributed by atoms with van der Waals surface area (Å²) in [4.78, 5) is 23.0. The van der Waals surface area contributed by atoms with Crippen LogP contribution in [-0.2, 0) is 6.54 Å². The van der Waals surface area contributed by atoms with Gasteiger partial charge in [0.05, 0.1) is 17.7 Å². The molecule has 7 heteroatoms. The van der Waals surface area contributed by atoms with Crippen LogP contribution in [0.25, 0.3) is 10.7 Å². The van der Waals surface area contributed by atoms with E-state index in [0.29, 0.717) is 12.4 Å². The lowest BCUT2D eigenvalue weighted by Crippen LogP contribution is -2.34. The zero-order valence-electron chi connectivity index (χ0n) is 15.7. The molecule has 0 spiro atoms. The monoisotopic (exact) mass is 397 g/mol. The number of rotatable bonds is 5. The summed E-state index contributed by atoms with van der Waals surface area (Å²) >= 11 is 1.56. The molecule has 0 aliphatic carbocycles. The predicted octanol–water partition coefficient (Wildman–Crippen LogP) is 3.59. The van der Waals surface area contributed by atoms with Crippen LogP contribution in [0, 0.1) is 0 Å². The third-order valence-corrected chi connectivity index (χ3v) is 6.00. The van der Waals surface area contributed by atoms with Gasteiger partial charge < -0.3 is 14.8 Å². The fraction of sp³-hybridized carbons (Fsp3) is 0.333. The Balaban J connectivity index is 1.54. The molecule has 1 aromatic carbocycles. The fourth-order valence-electron chi connectivity index (χ4n) is 3.71. The van der Waals surface area contributed by atoms with Crippen LogP contribution < -0.4 is 10.3 Å². The molecule has 1 atom stereocenters. The van der Waals surface area contributed by atoms with Crippen LogP contribution in [0.3, 0.4) is 0 Å². The summed E-state index contributed by atoms with van der Waals surface area (Å²) in [6.45, 7) is 2.39. The number of hydrogen-bond donors (Lipinski definition) is 2. The minimum atomic E-state index is -0.115. The Kier molecular flexibility index (Phi) is 5.45. The van der Waals surface area contributed by atoms with Crippen LogP contribution in [0.4, 0.5) is 0 Å². The molecule has 0 bridgehead atoms. The molecule has 28 heavy (non-hydrogen) atoms. The molecule has 1 aliphatic rings. The second-order valence-corrected chi connectivity index (χ2v) is 8.01. The number of thiophene rings is 1. The van der Waals surface area contributed by atoms with E-state index in [-0.39, 0.29) is 17.2 Å². The van der Waals surface area contributed by atoms with Gasteiger partial charge >= 0.3 is 0 Å². The van der Waals surface area contributed by atoms with Gasteiger partial charge in [0.1, 0.15) is 17.3 Å². The average molecular weight is 398 g/mol. The summed E-state index contributed by atoms with van der Waals surface area (Å²) in [5.41, 5.74) is 1.57. The van der Waals surface area contributed by atoms with Gasteiger partial charge in [-0.1, -0.05) is 6.07 Å². The molecule has 3 aromatic rings. The molecule has 4 rings (SSSR count). The normalized spacial score (nSPS) is 17.5. The Morgan fingerprint density at radius 1 is 1.36 bits per heavy atom. The quantitative estimate of drug-likeness (QED) is 0.688. The standard InChI is InChI=1S/C21H23N3O3S/c1-27-16-6-7-18(25)15(10-16)13-24-8-2-4-14(12-24)17-11-20(26)23-21(22-17)19-5-3-9-28-19/h3,5-7,9-11,14,25H,2,4,8,12-13H2,1H3,(H,22,23,26). The van der Waals surface area contributed by atoms with Crippen molar-refractivity contribution in [2.75, 3.05) is 20.2 Å². The minimum absolute atomic E-state index is 0.115. The first-order valence-electron chi connectivity index (χ1n) is 9.36. The molecule has 1 saturated heterocycles. The van der Waals surface area contributed by atoms with Gasteiger partial charge in [-0.2, -0.15) is 0 Å². The van der Waals surface area contributed by atoms with E-state index in [0.717, 1.165) is 47.8 Å². The van der Waals surface area contributed by atoms with Gasteiger partial charge in [-0.05, 0) is 49.0 Å². The number of benzene rings is 1. The number of phenolic OH excluding ortho intramolecular Hbond substituents is 1. The van der Waals surface area contributed by atoms with Crippen molar-refractivity contribution < 1.29 is 9.84 Å². The van der Waals surface area contributed by atoms with E-state index in [1.807, 2.05) is 23.6 Å². The largest absolute Gasteiger partial charge is 0.508 e. The highest BCUT2D eigenvalue weighted by molar-refractivity contribution is 7.13. The lowest BCUT2D eigenvalue weighted by Gasteiger charge is -2.32. The molecule has 0 radical (unpaired) electrons. The van der Waals surface area contributed by atoms with E-state index in [9.17, 15) is 9.90 Å². The summed E-state index contributed by atoms with van der Waals surface area (Å²) in [5, 5.41) is 12.2. The number of piperidine rings is 1. The van der Waals surface area contributed by atoms with E-state index < -0.39 is 0 Å². The Morgan fingerprint density at radius 3 is 3.04 bits per heavy atom. The number of nitrogens with one attached hydrogen (secondary N) is 1. The predicted molar refractivity (Wildman–Crippen MR) is 110 cm³/mol. The second kappa shape index (κ2) is 8.16. The fourth-order valence-corrected chi connectivity index (χ4v) is 4.38. The van der Waals surface area contributed by atoms with E-state index >= 15 is 0 Å². The number of phenols is 1. The summed E-state index contributed by atoms with van der Waals surface area (Å²) in [7, 11) is 1.62. The highest BCUT2D eigenvalue weighted by Crippen LogP contribution is 2.30. The third kappa shape index (κ3) is 4.10. The number of aromatic hydroxyl groups is 1. The topological polar surface area (TPSA) is 78.5 Å². The Bertz CT molecular complexity index is 1000. The number of methoxy groups -OCH3 is 1. The molecular formula is C21H23N3O3S. The van der Waals surface area contributed by atoms with Crippen LogP contribution in [0.5, 0.6) is 11.5 Å². The summed E-state index contributed by atoms with van der Waals surface area (Å²) in [5.74, 6) is 1.85. The number of aromatic nitrogens is 2. The molecule has 1 unspecified atom stereocenters. The van der Waals surface area contributed by atoms with Crippen molar-refractivity contribution in [1.29, 1.82) is 0 Å². The van der Waals surface area contributed by atoms with E-state index in [1.165, 1.54) is 0 Å². The van der Waals surface area contributed by atoms with E-state index in [2.05, 4.69) is 9.88 Å². The number of likely N-dealkylation sites (tertiary alicyclic amines) is 1. The van der Waals surface area contributed by atoms with Crippen LogP contribution >= 0.6 is 11.3 Å². The van der Waals surface area contributed by atoms with Crippen LogP contribution in [-0.4, -0.2) is 40.2 Å².